The number of carbonyl (C=O) groups is 4. The summed E-state index contributed by atoms with van der Waals surface area (Å²) >= 11 is 1.16. The average molecular weight is 519 g/mol. The van der Waals surface area contributed by atoms with Gasteiger partial charge in [-0.25, -0.2) is 9.80 Å². The van der Waals surface area contributed by atoms with Crippen molar-refractivity contribution in [3.63, 3.8) is 0 Å². The highest BCUT2D eigenvalue weighted by Gasteiger charge is 2.67. The van der Waals surface area contributed by atoms with Gasteiger partial charge in [-0.05, 0) is 18.1 Å². The molecule has 3 fully saturated rings. The molecule has 3 saturated heterocycles. The van der Waals surface area contributed by atoms with Crippen LogP contribution in [0, 0.1) is 0 Å². The van der Waals surface area contributed by atoms with E-state index in [0.29, 0.717) is 0 Å². The quantitative estimate of drug-likeness (QED) is 0.326. The fraction of sp³-hybridized carbons (Fsp3) is 0.320. The van der Waals surface area contributed by atoms with Crippen LogP contribution in [0.4, 0.5) is 4.79 Å². The van der Waals surface area contributed by atoms with Crippen LogP contribution in [0.25, 0.3) is 0 Å². The molecule has 2 aromatic rings. The lowest BCUT2D eigenvalue weighted by molar-refractivity contribution is -0.150. The van der Waals surface area contributed by atoms with Gasteiger partial charge >= 0.3 is 20.0 Å². The third kappa shape index (κ3) is 4.46. The van der Waals surface area contributed by atoms with E-state index in [2.05, 4.69) is 10.4 Å². The van der Waals surface area contributed by atoms with Crippen molar-refractivity contribution in [1.82, 2.24) is 20.1 Å². The molecular formula is C25H26BN5O5S. The molecule has 10 nitrogen and oxygen atoms in total. The average Bonchev–Trinajstić information content (AvgIpc) is 3.42. The number of hydrogen-bond acceptors (Lipinski definition) is 7. The summed E-state index contributed by atoms with van der Waals surface area (Å²) in [4.78, 5) is 53.7. The molecule has 0 radical (unpaired) electrons. The lowest BCUT2D eigenvalue weighted by atomic mass is 10.0. The Morgan fingerprint density at radius 3 is 2.51 bits per heavy atom. The first-order chi connectivity index (χ1) is 17.8. The van der Waals surface area contributed by atoms with Gasteiger partial charge in [-0.2, -0.15) is 5.10 Å². The van der Waals surface area contributed by atoms with Crippen molar-refractivity contribution in [2.75, 3.05) is 13.1 Å². The SMILES string of the molecule is BOC(=O)[C@@]1(N2C[C@@H](C)N(/N=C/c3ccccc3)C2=O)CN2C(=O)[C@@H](NC(=O)Cc3ccccc3)[C@H]2S1. The van der Waals surface area contributed by atoms with Crippen LogP contribution >= 0.6 is 11.8 Å². The summed E-state index contributed by atoms with van der Waals surface area (Å²) in [6.45, 7) is 2.05. The van der Waals surface area contributed by atoms with Gasteiger partial charge in [-0.1, -0.05) is 72.4 Å². The smallest absolute Gasteiger partial charge is 0.342 e. The number of hydrazone groups is 1. The van der Waals surface area contributed by atoms with Gasteiger partial charge in [0.2, 0.25) is 16.7 Å². The first-order valence-corrected chi connectivity index (χ1v) is 12.8. The van der Waals surface area contributed by atoms with Gasteiger partial charge in [0.25, 0.3) is 0 Å². The molecule has 1 N–H and O–H groups in total. The van der Waals surface area contributed by atoms with Crippen LogP contribution in [0.15, 0.2) is 65.8 Å². The number of carbonyl (C=O) groups excluding carboxylic acids is 4. The first kappa shape index (κ1) is 24.9. The zero-order valence-corrected chi connectivity index (χ0v) is 21.3. The molecule has 3 aliphatic heterocycles. The lowest BCUT2D eigenvalue weighted by Crippen LogP contribution is -2.67. The van der Waals surface area contributed by atoms with Crippen LogP contribution in [0.1, 0.15) is 18.1 Å². The number of amides is 4. The van der Waals surface area contributed by atoms with Gasteiger partial charge in [0, 0.05) is 6.54 Å². The number of rotatable bonds is 7. The Hall–Kier alpha value is -3.80. The fourth-order valence-corrected chi connectivity index (χ4v) is 6.53. The molecule has 0 aromatic heterocycles. The molecule has 37 heavy (non-hydrogen) atoms. The minimum atomic E-state index is -1.43. The normalized spacial score (nSPS) is 26.8. The van der Waals surface area contributed by atoms with Crippen molar-refractivity contribution < 1.29 is 23.8 Å². The Labute approximate surface area is 219 Å². The molecule has 2 aromatic carbocycles. The van der Waals surface area contributed by atoms with Crippen LogP contribution in [-0.2, 0) is 25.5 Å². The van der Waals surface area contributed by atoms with E-state index >= 15 is 0 Å². The van der Waals surface area contributed by atoms with Gasteiger partial charge in [-0.15, -0.1) is 0 Å². The highest BCUT2D eigenvalue weighted by atomic mass is 32.2. The van der Waals surface area contributed by atoms with Gasteiger partial charge in [0.1, 0.15) is 11.4 Å². The first-order valence-electron chi connectivity index (χ1n) is 11.9. The molecule has 0 saturated carbocycles. The lowest BCUT2D eigenvalue weighted by Gasteiger charge is -2.41. The van der Waals surface area contributed by atoms with Crippen LogP contribution in [0.5, 0.6) is 0 Å². The third-order valence-corrected chi connectivity index (χ3v) is 8.40. The molecule has 12 heteroatoms. The molecule has 0 spiro atoms. The number of fused-ring (bicyclic) bond motifs is 1. The van der Waals surface area contributed by atoms with E-state index in [1.165, 1.54) is 22.9 Å². The number of hydrogen-bond donors (Lipinski definition) is 1. The Balaban J connectivity index is 1.32. The Morgan fingerprint density at radius 2 is 1.84 bits per heavy atom. The van der Waals surface area contributed by atoms with Crippen LogP contribution in [-0.4, -0.2) is 88.3 Å². The summed E-state index contributed by atoms with van der Waals surface area (Å²) in [6.07, 6.45) is 1.74. The second-order valence-electron chi connectivity index (χ2n) is 9.20. The van der Waals surface area contributed by atoms with Crippen molar-refractivity contribution in [1.29, 1.82) is 0 Å². The summed E-state index contributed by atoms with van der Waals surface area (Å²) in [6, 6.07) is 17.1. The van der Waals surface area contributed by atoms with E-state index in [0.717, 1.165) is 22.9 Å². The van der Waals surface area contributed by atoms with Gasteiger partial charge in [-0.3, -0.25) is 19.3 Å². The van der Waals surface area contributed by atoms with Crippen molar-refractivity contribution in [3.8, 4) is 0 Å². The van der Waals surface area contributed by atoms with Crippen molar-refractivity contribution in [3.05, 3.63) is 71.8 Å². The van der Waals surface area contributed by atoms with Gasteiger partial charge < -0.3 is 14.9 Å². The van der Waals surface area contributed by atoms with E-state index in [4.69, 9.17) is 4.65 Å². The number of nitrogens with one attached hydrogen (secondary N) is 1. The topological polar surface area (TPSA) is 112 Å². The van der Waals surface area contributed by atoms with Gasteiger partial charge in [0.05, 0.1) is 25.2 Å². The number of urea groups is 1. The maximum Gasteiger partial charge on any atom is 0.342 e. The largest absolute Gasteiger partial charge is 0.541 e. The maximum atomic E-state index is 13.5. The Bertz CT molecular complexity index is 1250. The van der Waals surface area contributed by atoms with E-state index in [1.807, 2.05) is 67.6 Å². The molecular weight excluding hydrogens is 493 g/mol. The summed E-state index contributed by atoms with van der Waals surface area (Å²) in [5, 5.41) is 8.02. The summed E-state index contributed by atoms with van der Waals surface area (Å²) in [7, 11) is 1.26. The predicted molar refractivity (Wildman–Crippen MR) is 140 cm³/mol. The number of β-lactam (4-membered cyclic amide) rings is 1. The zero-order valence-electron chi connectivity index (χ0n) is 20.4. The molecule has 5 rings (SSSR count). The van der Waals surface area contributed by atoms with E-state index in [1.54, 1.807) is 6.21 Å². The van der Waals surface area contributed by atoms with Crippen LogP contribution in [0.3, 0.4) is 0 Å². The van der Waals surface area contributed by atoms with Crippen molar-refractivity contribution >= 4 is 49.8 Å². The fourth-order valence-electron chi connectivity index (χ4n) is 4.83. The molecule has 3 heterocycles. The second-order valence-corrected chi connectivity index (χ2v) is 10.6. The van der Waals surface area contributed by atoms with Crippen LogP contribution < -0.4 is 5.32 Å². The van der Waals surface area contributed by atoms with Crippen molar-refractivity contribution in [2.45, 2.75) is 35.7 Å². The standard InChI is InChI=1S/C25H26BN5O5S/c1-16-14-30(24(35)31(16)27-13-18-10-6-3-7-11-18)25(23(34)36-26)15-29-21(33)20(22(29)37-25)28-19(32)12-17-8-4-2-5-9-17/h2-11,13,16,20,22H,12,14-15,26H2,1H3,(H,28,32)/b27-13+/t16-,20-,22-,25-/m1/s1. The third-order valence-electron chi connectivity index (χ3n) is 6.73. The summed E-state index contributed by atoms with van der Waals surface area (Å²) < 4.78 is 5.12. The minimum absolute atomic E-state index is 0.0202. The molecule has 0 unspecified atom stereocenters. The highest BCUT2D eigenvalue weighted by Crippen LogP contribution is 2.50. The Morgan fingerprint density at radius 1 is 1.16 bits per heavy atom. The van der Waals surface area contributed by atoms with Crippen molar-refractivity contribution in [2.24, 2.45) is 5.10 Å². The van der Waals surface area contributed by atoms with Gasteiger partial charge in [0.15, 0.2) is 0 Å². The van der Waals surface area contributed by atoms with E-state index < -0.39 is 28.3 Å². The number of nitrogens with zero attached hydrogens (tertiary/aromatic N) is 4. The molecule has 3 aliphatic rings. The molecule has 4 amide bonds. The highest BCUT2D eigenvalue weighted by molar-refractivity contribution is 8.02. The Kier molecular flexibility index (Phi) is 6.68. The second kappa shape index (κ2) is 9.93. The molecule has 4 atom stereocenters. The summed E-state index contributed by atoms with van der Waals surface area (Å²) in [5.74, 6) is -1.19. The molecule has 190 valence electrons. The number of benzene rings is 2. The number of thioether (sulfide) groups is 1. The minimum Gasteiger partial charge on any atom is -0.541 e. The zero-order chi connectivity index (χ0) is 26.2. The molecule has 0 bridgehead atoms. The molecule has 0 aliphatic carbocycles. The monoisotopic (exact) mass is 519 g/mol. The van der Waals surface area contributed by atoms with E-state index in [-0.39, 0.29) is 37.4 Å². The maximum absolute atomic E-state index is 13.5. The van der Waals surface area contributed by atoms with Crippen LogP contribution in [0.2, 0.25) is 0 Å². The summed E-state index contributed by atoms with van der Waals surface area (Å²) in [5.41, 5.74) is 1.67. The van der Waals surface area contributed by atoms with E-state index in [9.17, 15) is 19.2 Å². The predicted octanol–water partition coefficient (Wildman–Crippen LogP) is 0.577.